The quantitative estimate of drug-likeness (QED) is 0.755. The molecular formula is C19H22O. The summed E-state index contributed by atoms with van der Waals surface area (Å²) in [5.74, 6) is 0.342. The van der Waals surface area contributed by atoms with Crippen molar-refractivity contribution < 1.29 is 4.79 Å². The second-order valence-electron chi connectivity index (χ2n) is 5.48. The van der Waals surface area contributed by atoms with Gasteiger partial charge in [0.25, 0.3) is 0 Å². The van der Waals surface area contributed by atoms with Crippen molar-refractivity contribution in [2.75, 3.05) is 0 Å². The summed E-state index contributed by atoms with van der Waals surface area (Å²) in [4.78, 5) is 12.1. The van der Waals surface area contributed by atoms with Gasteiger partial charge in [-0.1, -0.05) is 54.1 Å². The first kappa shape index (κ1) is 14.5. The van der Waals surface area contributed by atoms with Crippen molar-refractivity contribution in [3.05, 3.63) is 70.8 Å². The number of ketones is 1. The maximum Gasteiger partial charge on any atom is 0.137 e. The van der Waals surface area contributed by atoms with Gasteiger partial charge in [-0.05, 0) is 43.4 Å². The topological polar surface area (TPSA) is 17.1 Å². The van der Waals surface area contributed by atoms with Crippen LogP contribution in [0.25, 0.3) is 0 Å². The van der Waals surface area contributed by atoms with E-state index in [1.807, 2.05) is 18.2 Å². The first-order chi connectivity index (χ1) is 9.65. The van der Waals surface area contributed by atoms with E-state index in [1.54, 1.807) is 0 Å². The molecular weight excluding hydrogens is 244 g/mol. The van der Waals surface area contributed by atoms with Crippen molar-refractivity contribution in [3.8, 4) is 0 Å². The third-order valence-corrected chi connectivity index (χ3v) is 3.66. The van der Waals surface area contributed by atoms with Gasteiger partial charge in [0.1, 0.15) is 5.78 Å². The molecule has 0 bridgehead atoms. The second-order valence-corrected chi connectivity index (χ2v) is 5.48. The zero-order valence-corrected chi connectivity index (χ0v) is 12.4. The van der Waals surface area contributed by atoms with Crippen molar-refractivity contribution in [2.45, 2.75) is 39.5 Å². The molecule has 0 aliphatic rings. The maximum absolute atomic E-state index is 12.1. The Morgan fingerprint density at radius 1 is 1.00 bits per heavy atom. The molecule has 0 aliphatic carbocycles. The summed E-state index contributed by atoms with van der Waals surface area (Å²) in [6.07, 6.45) is 3.16. The highest BCUT2D eigenvalue weighted by Gasteiger charge is 2.06. The van der Waals surface area contributed by atoms with Gasteiger partial charge in [0.2, 0.25) is 0 Å². The van der Waals surface area contributed by atoms with E-state index in [-0.39, 0.29) is 0 Å². The van der Waals surface area contributed by atoms with Crippen LogP contribution in [0.3, 0.4) is 0 Å². The standard InChI is InChI=1S/C19H22O/c1-15-11-12-16(2)18(13-15)14-19(20)10-6-9-17-7-4-3-5-8-17/h3-5,7-8,11-13H,6,9-10,14H2,1-2H3. The van der Waals surface area contributed by atoms with Crippen molar-refractivity contribution in [2.24, 2.45) is 0 Å². The number of benzene rings is 2. The van der Waals surface area contributed by atoms with Gasteiger partial charge in [0.15, 0.2) is 0 Å². The van der Waals surface area contributed by atoms with E-state index < -0.39 is 0 Å². The van der Waals surface area contributed by atoms with Gasteiger partial charge in [0, 0.05) is 12.8 Å². The molecule has 2 aromatic carbocycles. The Morgan fingerprint density at radius 2 is 1.75 bits per heavy atom. The third kappa shape index (κ3) is 4.34. The van der Waals surface area contributed by atoms with Gasteiger partial charge in [-0.2, -0.15) is 0 Å². The molecule has 104 valence electrons. The second kappa shape index (κ2) is 7.04. The van der Waals surface area contributed by atoms with Crippen LogP contribution < -0.4 is 0 Å². The van der Waals surface area contributed by atoms with E-state index in [9.17, 15) is 4.79 Å². The summed E-state index contributed by atoms with van der Waals surface area (Å²) < 4.78 is 0. The molecule has 2 aromatic rings. The molecule has 0 atom stereocenters. The van der Waals surface area contributed by atoms with Gasteiger partial charge in [0.05, 0.1) is 0 Å². The Labute approximate surface area is 121 Å². The minimum atomic E-state index is 0.342. The summed E-state index contributed by atoms with van der Waals surface area (Å²) in [7, 11) is 0. The summed E-state index contributed by atoms with van der Waals surface area (Å²) in [6.45, 7) is 4.15. The van der Waals surface area contributed by atoms with E-state index >= 15 is 0 Å². The molecule has 0 radical (unpaired) electrons. The molecule has 2 rings (SSSR count). The summed E-state index contributed by atoms with van der Waals surface area (Å²) >= 11 is 0. The van der Waals surface area contributed by atoms with Gasteiger partial charge >= 0.3 is 0 Å². The zero-order valence-electron chi connectivity index (χ0n) is 12.4. The van der Waals surface area contributed by atoms with E-state index in [2.05, 4.69) is 44.2 Å². The normalized spacial score (nSPS) is 10.5. The smallest absolute Gasteiger partial charge is 0.137 e. The molecule has 0 saturated heterocycles. The van der Waals surface area contributed by atoms with E-state index in [0.29, 0.717) is 18.6 Å². The lowest BCUT2D eigenvalue weighted by Gasteiger charge is -2.07. The monoisotopic (exact) mass is 266 g/mol. The molecule has 0 N–H and O–H groups in total. The van der Waals surface area contributed by atoms with Crippen LogP contribution in [0.1, 0.15) is 35.1 Å². The number of hydrogen-bond donors (Lipinski definition) is 0. The number of aryl methyl sites for hydroxylation is 3. The van der Waals surface area contributed by atoms with Crippen molar-refractivity contribution in [3.63, 3.8) is 0 Å². The first-order valence-corrected chi connectivity index (χ1v) is 7.27. The molecule has 0 aromatic heterocycles. The molecule has 20 heavy (non-hydrogen) atoms. The minimum Gasteiger partial charge on any atom is -0.299 e. The van der Waals surface area contributed by atoms with E-state index in [1.165, 1.54) is 22.3 Å². The molecule has 0 saturated carbocycles. The molecule has 0 aliphatic heterocycles. The van der Waals surface area contributed by atoms with Crippen LogP contribution in [0.5, 0.6) is 0 Å². The Morgan fingerprint density at radius 3 is 2.50 bits per heavy atom. The lowest BCUT2D eigenvalue weighted by Crippen LogP contribution is -2.05. The van der Waals surface area contributed by atoms with Crippen molar-refractivity contribution >= 4 is 5.78 Å². The highest BCUT2D eigenvalue weighted by Crippen LogP contribution is 2.13. The van der Waals surface area contributed by atoms with Crippen LogP contribution in [-0.4, -0.2) is 5.78 Å². The number of rotatable bonds is 6. The number of carbonyl (C=O) groups excluding carboxylic acids is 1. The van der Waals surface area contributed by atoms with Crippen LogP contribution in [0.2, 0.25) is 0 Å². The molecule has 0 spiro atoms. The van der Waals surface area contributed by atoms with Crippen LogP contribution >= 0.6 is 0 Å². The SMILES string of the molecule is Cc1ccc(C)c(CC(=O)CCCc2ccccc2)c1. The highest BCUT2D eigenvalue weighted by molar-refractivity contribution is 5.81. The lowest BCUT2D eigenvalue weighted by atomic mass is 9.98. The summed E-state index contributed by atoms with van der Waals surface area (Å²) in [6, 6.07) is 16.7. The van der Waals surface area contributed by atoms with E-state index in [4.69, 9.17) is 0 Å². The lowest BCUT2D eigenvalue weighted by molar-refractivity contribution is -0.118. The minimum absolute atomic E-state index is 0.342. The molecule has 0 heterocycles. The summed E-state index contributed by atoms with van der Waals surface area (Å²) in [5.41, 5.74) is 4.93. The fraction of sp³-hybridized carbons (Fsp3) is 0.316. The molecule has 0 unspecified atom stereocenters. The number of carbonyl (C=O) groups is 1. The molecule has 1 heteroatoms. The van der Waals surface area contributed by atoms with Crippen LogP contribution in [0.4, 0.5) is 0 Å². The van der Waals surface area contributed by atoms with Crippen molar-refractivity contribution in [1.29, 1.82) is 0 Å². The average Bonchev–Trinajstić information content (AvgIpc) is 2.44. The largest absolute Gasteiger partial charge is 0.299 e. The molecule has 1 nitrogen and oxygen atoms in total. The van der Waals surface area contributed by atoms with Gasteiger partial charge in [-0.25, -0.2) is 0 Å². The number of hydrogen-bond acceptors (Lipinski definition) is 1. The van der Waals surface area contributed by atoms with E-state index in [0.717, 1.165) is 12.8 Å². The predicted molar refractivity (Wildman–Crippen MR) is 84.0 cm³/mol. The van der Waals surface area contributed by atoms with Crippen LogP contribution in [-0.2, 0) is 17.6 Å². The fourth-order valence-corrected chi connectivity index (χ4v) is 2.43. The third-order valence-electron chi connectivity index (χ3n) is 3.66. The van der Waals surface area contributed by atoms with Gasteiger partial charge < -0.3 is 0 Å². The highest BCUT2D eigenvalue weighted by atomic mass is 16.1. The van der Waals surface area contributed by atoms with Gasteiger partial charge in [-0.3, -0.25) is 4.79 Å². The number of Topliss-reactive ketones (excluding diaryl/α,β-unsaturated/α-hetero) is 1. The Kier molecular flexibility index (Phi) is 5.11. The Bertz CT molecular complexity index is 570. The van der Waals surface area contributed by atoms with Crippen LogP contribution in [0.15, 0.2) is 48.5 Å². The molecule has 0 fully saturated rings. The predicted octanol–water partition coefficient (Wildman–Crippen LogP) is 4.44. The fourth-order valence-electron chi connectivity index (χ4n) is 2.43. The zero-order chi connectivity index (χ0) is 14.4. The first-order valence-electron chi connectivity index (χ1n) is 7.27. The molecule has 0 amide bonds. The average molecular weight is 266 g/mol. The summed E-state index contributed by atoms with van der Waals surface area (Å²) in [5, 5.41) is 0. The Balaban J connectivity index is 1.82. The Hall–Kier alpha value is -1.89. The van der Waals surface area contributed by atoms with Crippen molar-refractivity contribution in [1.82, 2.24) is 0 Å². The van der Waals surface area contributed by atoms with Gasteiger partial charge in [-0.15, -0.1) is 0 Å². The van der Waals surface area contributed by atoms with Crippen LogP contribution in [0, 0.1) is 13.8 Å². The maximum atomic E-state index is 12.1.